The van der Waals surface area contributed by atoms with Crippen LogP contribution in [0.25, 0.3) is 0 Å². The maximum Gasteiger partial charge on any atom is 0.324 e. The summed E-state index contributed by atoms with van der Waals surface area (Å²) in [5.41, 5.74) is 0.137. The number of carbonyl (C=O) groups is 1. The van der Waals surface area contributed by atoms with Gasteiger partial charge in [0.2, 0.25) is 0 Å². The van der Waals surface area contributed by atoms with E-state index in [1.165, 1.54) is 44.6 Å². The van der Waals surface area contributed by atoms with Gasteiger partial charge in [0.15, 0.2) is 11.5 Å². The van der Waals surface area contributed by atoms with Crippen molar-refractivity contribution in [1.29, 1.82) is 0 Å². The second kappa shape index (κ2) is 8.34. The number of halogens is 1. The summed E-state index contributed by atoms with van der Waals surface area (Å²) in [6, 6.07) is 7.62. The number of hydrogen-bond acceptors (Lipinski definition) is 6. The fraction of sp³-hybridized carbons (Fsp3) is 0.278. The summed E-state index contributed by atoms with van der Waals surface area (Å²) in [6.45, 7) is -0.954. The summed E-state index contributed by atoms with van der Waals surface area (Å²) in [6.07, 6.45) is 0. The first-order valence-electron chi connectivity index (χ1n) is 8.05. The second-order valence-corrected chi connectivity index (χ2v) is 7.81. The van der Waals surface area contributed by atoms with Gasteiger partial charge in [-0.15, -0.1) is 0 Å². The van der Waals surface area contributed by atoms with E-state index >= 15 is 0 Å². The Hall–Kier alpha value is -3.01. The monoisotopic (exact) mass is 412 g/mol. The summed E-state index contributed by atoms with van der Waals surface area (Å²) in [7, 11) is 1.71. The zero-order valence-electron chi connectivity index (χ0n) is 15.8. The molecule has 0 bridgehead atoms. The molecule has 0 saturated heterocycles. The average molecular weight is 412 g/mol. The molecule has 8 nitrogen and oxygen atoms in total. The highest BCUT2D eigenvalue weighted by atomic mass is 32.2. The molecule has 0 atom stereocenters. The Morgan fingerprint density at radius 1 is 1.07 bits per heavy atom. The fourth-order valence-corrected chi connectivity index (χ4v) is 3.93. The van der Waals surface area contributed by atoms with Crippen LogP contribution in [0, 0.1) is 5.82 Å². The first-order chi connectivity index (χ1) is 13.1. The van der Waals surface area contributed by atoms with Crippen molar-refractivity contribution in [3.8, 4) is 11.5 Å². The SMILES string of the molecule is COc1ccc(S(=O)(=O)N(CC(=O)O)c2cc(N(C)C)ccc2F)cc1OC. The van der Waals surface area contributed by atoms with Gasteiger partial charge < -0.3 is 19.5 Å². The Balaban J connectivity index is 2.66. The highest BCUT2D eigenvalue weighted by Gasteiger charge is 2.30. The molecule has 0 aliphatic carbocycles. The lowest BCUT2D eigenvalue weighted by atomic mass is 10.2. The van der Waals surface area contributed by atoms with Gasteiger partial charge in [0, 0.05) is 25.8 Å². The minimum absolute atomic E-state index is 0.140. The third-order valence-electron chi connectivity index (χ3n) is 3.94. The highest BCUT2D eigenvalue weighted by Crippen LogP contribution is 2.34. The van der Waals surface area contributed by atoms with Gasteiger partial charge in [-0.2, -0.15) is 0 Å². The molecule has 0 fully saturated rings. The quantitative estimate of drug-likeness (QED) is 0.710. The third-order valence-corrected chi connectivity index (χ3v) is 5.69. The van der Waals surface area contributed by atoms with E-state index in [1.807, 2.05) is 0 Å². The standard InChI is InChI=1S/C18H21FN2O6S/c1-20(2)12-5-7-14(19)15(9-12)21(11-18(22)23)28(24,25)13-6-8-16(26-3)17(10-13)27-4/h5-10H,11H2,1-4H3,(H,22,23). The number of anilines is 2. The van der Waals surface area contributed by atoms with Gasteiger partial charge in [-0.1, -0.05) is 0 Å². The number of carboxylic acids is 1. The van der Waals surface area contributed by atoms with E-state index in [4.69, 9.17) is 9.47 Å². The van der Waals surface area contributed by atoms with Crippen molar-refractivity contribution >= 4 is 27.4 Å². The predicted molar refractivity (Wildman–Crippen MR) is 102 cm³/mol. The summed E-state index contributed by atoms with van der Waals surface area (Å²) in [5.74, 6) is -1.86. The Morgan fingerprint density at radius 2 is 1.71 bits per heavy atom. The van der Waals surface area contributed by atoms with Crippen molar-refractivity contribution in [3.05, 3.63) is 42.2 Å². The van der Waals surface area contributed by atoms with Crippen molar-refractivity contribution in [3.63, 3.8) is 0 Å². The van der Waals surface area contributed by atoms with E-state index in [0.717, 1.165) is 6.07 Å². The number of rotatable bonds is 8. The van der Waals surface area contributed by atoms with E-state index < -0.39 is 28.4 Å². The van der Waals surface area contributed by atoms with E-state index in [-0.39, 0.29) is 16.3 Å². The number of methoxy groups -OCH3 is 2. The number of aliphatic carboxylic acids is 1. The maximum atomic E-state index is 14.5. The van der Waals surface area contributed by atoms with Gasteiger partial charge in [-0.3, -0.25) is 9.10 Å². The number of carboxylic acid groups (broad SMARTS) is 1. The van der Waals surface area contributed by atoms with Crippen molar-refractivity contribution in [2.24, 2.45) is 0 Å². The lowest BCUT2D eigenvalue weighted by molar-refractivity contribution is -0.135. The molecule has 0 unspecified atom stereocenters. The number of hydrogen-bond donors (Lipinski definition) is 1. The first kappa shape index (κ1) is 21.3. The number of ether oxygens (including phenoxy) is 2. The van der Waals surface area contributed by atoms with Crippen LogP contribution in [0.1, 0.15) is 0 Å². The molecular weight excluding hydrogens is 391 g/mol. The summed E-state index contributed by atoms with van der Waals surface area (Å²) >= 11 is 0. The molecule has 0 spiro atoms. The summed E-state index contributed by atoms with van der Waals surface area (Å²) in [5, 5.41) is 9.22. The molecule has 0 saturated carbocycles. The second-order valence-electron chi connectivity index (χ2n) is 5.95. The molecule has 0 aliphatic rings. The zero-order valence-corrected chi connectivity index (χ0v) is 16.7. The molecule has 2 aromatic rings. The van der Waals surface area contributed by atoms with E-state index in [0.29, 0.717) is 15.7 Å². The van der Waals surface area contributed by atoms with Crippen LogP contribution in [-0.2, 0) is 14.8 Å². The van der Waals surface area contributed by atoms with Crippen molar-refractivity contribution in [1.82, 2.24) is 0 Å². The van der Waals surface area contributed by atoms with E-state index in [2.05, 4.69) is 0 Å². The van der Waals surface area contributed by atoms with Gasteiger partial charge in [0.25, 0.3) is 10.0 Å². The molecule has 0 amide bonds. The lowest BCUT2D eigenvalue weighted by Crippen LogP contribution is -2.36. The molecule has 152 valence electrons. The first-order valence-corrected chi connectivity index (χ1v) is 9.49. The molecule has 0 aliphatic heterocycles. The molecule has 0 heterocycles. The molecule has 1 N–H and O–H groups in total. The number of sulfonamides is 1. The molecular formula is C18H21FN2O6S. The fourth-order valence-electron chi connectivity index (χ4n) is 2.50. The van der Waals surface area contributed by atoms with E-state index in [9.17, 15) is 22.7 Å². The Kier molecular flexibility index (Phi) is 6.34. The van der Waals surface area contributed by atoms with E-state index in [1.54, 1.807) is 19.0 Å². The smallest absolute Gasteiger partial charge is 0.324 e. The summed E-state index contributed by atoms with van der Waals surface area (Å²) < 4.78 is 51.5. The minimum Gasteiger partial charge on any atom is -0.493 e. The van der Waals surface area contributed by atoms with Crippen LogP contribution in [0.15, 0.2) is 41.3 Å². The lowest BCUT2D eigenvalue weighted by Gasteiger charge is -2.25. The maximum absolute atomic E-state index is 14.5. The molecule has 2 rings (SSSR count). The molecule has 0 radical (unpaired) electrons. The van der Waals surface area contributed by atoms with Crippen LogP contribution < -0.4 is 18.7 Å². The van der Waals surface area contributed by atoms with Crippen LogP contribution in [0.2, 0.25) is 0 Å². The number of nitrogens with zero attached hydrogens (tertiary/aromatic N) is 2. The summed E-state index contributed by atoms with van der Waals surface area (Å²) in [4.78, 5) is 12.7. The largest absolute Gasteiger partial charge is 0.493 e. The van der Waals surface area contributed by atoms with Gasteiger partial charge in [0.1, 0.15) is 12.4 Å². The topological polar surface area (TPSA) is 96.4 Å². The third kappa shape index (κ3) is 4.28. The minimum atomic E-state index is -4.41. The normalized spacial score (nSPS) is 11.0. The van der Waals surface area contributed by atoms with Crippen LogP contribution in [-0.4, -0.2) is 54.4 Å². The molecule has 2 aromatic carbocycles. The Labute approximate surface area is 162 Å². The molecule has 0 aromatic heterocycles. The zero-order chi connectivity index (χ0) is 21.1. The molecule has 28 heavy (non-hydrogen) atoms. The van der Waals surface area contributed by atoms with Crippen molar-refractivity contribution in [2.45, 2.75) is 4.90 Å². The van der Waals surface area contributed by atoms with Gasteiger partial charge in [-0.25, -0.2) is 12.8 Å². The highest BCUT2D eigenvalue weighted by molar-refractivity contribution is 7.92. The van der Waals surface area contributed by atoms with Crippen LogP contribution in [0.3, 0.4) is 0 Å². The van der Waals surface area contributed by atoms with Gasteiger partial charge in [-0.05, 0) is 30.3 Å². The Morgan fingerprint density at radius 3 is 2.25 bits per heavy atom. The van der Waals surface area contributed by atoms with Gasteiger partial charge >= 0.3 is 5.97 Å². The predicted octanol–water partition coefficient (Wildman–Crippen LogP) is 2.19. The van der Waals surface area contributed by atoms with Gasteiger partial charge in [0.05, 0.1) is 24.8 Å². The number of benzene rings is 2. The Bertz CT molecular complexity index is 978. The van der Waals surface area contributed by atoms with Crippen LogP contribution >= 0.6 is 0 Å². The van der Waals surface area contributed by atoms with Crippen molar-refractivity contribution in [2.75, 3.05) is 44.1 Å². The van der Waals surface area contributed by atoms with Crippen molar-refractivity contribution < 1.29 is 32.2 Å². The van der Waals surface area contributed by atoms with Crippen LogP contribution in [0.4, 0.5) is 15.8 Å². The van der Waals surface area contributed by atoms with Crippen LogP contribution in [0.5, 0.6) is 11.5 Å². The average Bonchev–Trinajstić information content (AvgIpc) is 2.65. The molecule has 10 heteroatoms.